The van der Waals surface area contributed by atoms with E-state index in [1.807, 2.05) is 12.1 Å². The molecule has 6 rings (SSSR count). The third-order valence-electron chi connectivity index (χ3n) is 7.73. The van der Waals surface area contributed by atoms with E-state index in [0.29, 0.717) is 17.4 Å². The van der Waals surface area contributed by atoms with E-state index in [-0.39, 0.29) is 23.3 Å². The van der Waals surface area contributed by atoms with Gasteiger partial charge in [0, 0.05) is 11.6 Å². The summed E-state index contributed by atoms with van der Waals surface area (Å²) in [5.41, 5.74) is 0.939. The van der Waals surface area contributed by atoms with Crippen molar-refractivity contribution in [1.29, 1.82) is 0 Å². The number of nitrogens with one attached hydrogen (secondary N) is 1. The van der Waals surface area contributed by atoms with Crippen LogP contribution in [-0.4, -0.2) is 5.91 Å². The highest BCUT2D eigenvalue weighted by molar-refractivity contribution is 6.30. The molecular formula is C25H25ClF3NO. The number of benzene rings is 2. The molecular weight excluding hydrogens is 423 g/mol. The van der Waals surface area contributed by atoms with Gasteiger partial charge in [-0.05, 0) is 91.2 Å². The van der Waals surface area contributed by atoms with Gasteiger partial charge in [0.1, 0.15) is 0 Å². The minimum absolute atomic E-state index is 0.0281. The summed E-state index contributed by atoms with van der Waals surface area (Å²) in [6.45, 7) is 0.252. The molecule has 4 aliphatic rings. The van der Waals surface area contributed by atoms with Gasteiger partial charge in [-0.15, -0.1) is 0 Å². The minimum Gasteiger partial charge on any atom is -0.352 e. The van der Waals surface area contributed by atoms with Gasteiger partial charge in [-0.25, -0.2) is 0 Å². The lowest BCUT2D eigenvalue weighted by molar-refractivity contribution is -0.149. The summed E-state index contributed by atoms with van der Waals surface area (Å²) >= 11 is 6.10. The first-order valence-corrected chi connectivity index (χ1v) is 11.3. The van der Waals surface area contributed by atoms with Crippen LogP contribution in [0.15, 0.2) is 48.5 Å². The normalized spacial score (nSPS) is 31.6. The smallest absolute Gasteiger partial charge is 0.352 e. The molecule has 2 aromatic rings. The molecule has 1 N–H and O–H groups in total. The Kier molecular flexibility index (Phi) is 4.89. The van der Waals surface area contributed by atoms with Crippen molar-refractivity contribution in [2.75, 3.05) is 0 Å². The number of carbonyl (C=O) groups is 1. The average Bonchev–Trinajstić information content (AvgIpc) is 2.71. The van der Waals surface area contributed by atoms with Crippen LogP contribution in [0.25, 0.3) is 0 Å². The zero-order valence-corrected chi connectivity index (χ0v) is 17.9. The Morgan fingerprint density at radius 1 is 0.968 bits per heavy atom. The Labute approximate surface area is 185 Å². The van der Waals surface area contributed by atoms with Crippen molar-refractivity contribution in [1.82, 2.24) is 5.32 Å². The van der Waals surface area contributed by atoms with Crippen LogP contribution in [-0.2, 0) is 22.9 Å². The highest BCUT2D eigenvalue weighted by Crippen LogP contribution is 2.65. The molecule has 0 aromatic heterocycles. The van der Waals surface area contributed by atoms with E-state index in [2.05, 4.69) is 17.4 Å². The number of hydrogen-bond donors (Lipinski definition) is 1. The van der Waals surface area contributed by atoms with Crippen LogP contribution in [0.2, 0.25) is 5.02 Å². The Bertz CT molecular complexity index is 969. The first-order chi connectivity index (χ1) is 14.7. The summed E-state index contributed by atoms with van der Waals surface area (Å²) in [7, 11) is 0. The van der Waals surface area contributed by atoms with Crippen LogP contribution in [0, 0.1) is 17.3 Å². The summed E-state index contributed by atoms with van der Waals surface area (Å²) in [5, 5.41) is 3.77. The molecule has 2 nitrogen and oxygen atoms in total. The third-order valence-corrected chi connectivity index (χ3v) is 7.99. The predicted octanol–water partition coefficient (Wildman–Crippen LogP) is 6.51. The molecule has 6 heteroatoms. The Morgan fingerprint density at radius 2 is 1.58 bits per heavy atom. The van der Waals surface area contributed by atoms with Crippen molar-refractivity contribution in [2.24, 2.45) is 17.3 Å². The van der Waals surface area contributed by atoms with E-state index in [9.17, 15) is 18.0 Å². The fourth-order valence-electron chi connectivity index (χ4n) is 6.85. The second-order valence-corrected chi connectivity index (χ2v) is 10.3. The maximum absolute atomic E-state index is 13.4. The van der Waals surface area contributed by atoms with Crippen molar-refractivity contribution < 1.29 is 18.0 Å². The Balaban J connectivity index is 1.33. The van der Waals surface area contributed by atoms with Crippen LogP contribution >= 0.6 is 11.6 Å². The van der Waals surface area contributed by atoms with Crippen molar-refractivity contribution in [2.45, 2.75) is 56.7 Å². The number of hydrogen-bond acceptors (Lipinski definition) is 1. The fraction of sp³-hybridized carbons (Fsp3) is 0.480. The van der Waals surface area contributed by atoms with Gasteiger partial charge in [0.05, 0.1) is 11.0 Å². The molecule has 0 saturated heterocycles. The summed E-state index contributed by atoms with van der Waals surface area (Å²) in [6.07, 6.45) is 1.77. The van der Waals surface area contributed by atoms with Gasteiger partial charge < -0.3 is 5.32 Å². The van der Waals surface area contributed by atoms with Crippen LogP contribution in [0.4, 0.5) is 13.2 Å². The molecule has 164 valence electrons. The number of rotatable bonds is 4. The lowest BCUT2D eigenvalue weighted by Crippen LogP contribution is -2.59. The lowest BCUT2D eigenvalue weighted by Gasteiger charge is -2.61. The van der Waals surface area contributed by atoms with Crippen LogP contribution in [0.5, 0.6) is 0 Å². The molecule has 4 aliphatic carbocycles. The lowest BCUT2D eigenvalue weighted by atomic mass is 9.42. The average molecular weight is 448 g/mol. The number of carbonyl (C=O) groups excluding carboxylic acids is 1. The van der Waals surface area contributed by atoms with Crippen molar-refractivity contribution in [3.05, 3.63) is 70.2 Å². The van der Waals surface area contributed by atoms with E-state index < -0.39 is 11.7 Å². The molecule has 0 radical (unpaired) electrons. The molecule has 2 aromatic carbocycles. The molecule has 1 amide bonds. The van der Waals surface area contributed by atoms with Crippen molar-refractivity contribution in [3.8, 4) is 0 Å². The van der Waals surface area contributed by atoms with Crippen LogP contribution in [0.1, 0.15) is 55.2 Å². The minimum atomic E-state index is -4.35. The van der Waals surface area contributed by atoms with E-state index in [1.54, 1.807) is 0 Å². The second-order valence-electron chi connectivity index (χ2n) is 9.91. The number of amides is 1. The van der Waals surface area contributed by atoms with Crippen LogP contribution < -0.4 is 5.32 Å². The molecule has 2 atom stereocenters. The van der Waals surface area contributed by atoms with E-state index >= 15 is 0 Å². The molecule has 4 fully saturated rings. The first kappa shape index (κ1) is 20.9. The number of alkyl halides is 3. The van der Waals surface area contributed by atoms with Crippen molar-refractivity contribution >= 4 is 17.5 Å². The highest BCUT2D eigenvalue weighted by atomic mass is 35.5. The third kappa shape index (κ3) is 3.75. The van der Waals surface area contributed by atoms with Gasteiger partial charge in [-0.3, -0.25) is 4.79 Å². The largest absolute Gasteiger partial charge is 0.416 e. The first-order valence-electron chi connectivity index (χ1n) is 10.9. The van der Waals surface area contributed by atoms with Gasteiger partial charge in [-0.2, -0.15) is 13.2 Å². The number of halogens is 4. The molecule has 4 bridgehead atoms. The topological polar surface area (TPSA) is 29.1 Å². The summed E-state index contributed by atoms with van der Waals surface area (Å²) in [6, 6.07) is 13.1. The maximum atomic E-state index is 13.4. The second kappa shape index (κ2) is 7.26. The standard InChI is InChI=1S/C25H25ClF3NO/c26-21-7-5-19(6-8-21)23-10-17-9-18(11-23)13-24(12-17,15-23)22(31)30-14-16-1-3-20(4-2-16)25(27,28)29/h1-8,17-18H,9-15H2,(H,30,31). The maximum Gasteiger partial charge on any atom is 0.416 e. The van der Waals surface area contributed by atoms with E-state index in [0.717, 1.165) is 49.3 Å². The Hall–Kier alpha value is -2.01. The summed E-state index contributed by atoms with van der Waals surface area (Å²) in [5.74, 6) is 1.15. The van der Waals surface area contributed by atoms with Gasteiger partial charge in [0.25, 0.3) is 0 Å². The van der Waals surface area contributed by atoms with Gasteiger partial charge in [-0.1, -0.05) is 35.9 Å². The van der Waals surface area contributed by atoms with E-state index in [1.165, 1.54) is 24.1 Å². The molecule has 31 heavy (non-hydrogen) atoms. The predicted molar refractivity (Wildman–Crippen MR) is 114 cm³/mol. The molecule has 0 aliphatic heterocycles. The van der Waals surface area contributed by atoms with Gasteiger partial charge in [0.2, 0.25) is 5.91 Å². The monoisotopic (exact) mass is 447 g/mol. The SMILES string of the molecule is O=C(NCc1ccc(C(F)(F)F)cc1)C12CC3CC(C1)CC(c1ccc(Cl)cc1)(C3)C2. The quantitative estimate of drug-likeness (QED) is 0.568. The zero-order chi connectivity index (χ0) is 21.9. The van der Waals surface area contributed by atoms with Crippen molar-refractivity contribution in [3.63, 3.8) is 0 Å². The molecule has 2 unspecified atom stereocenters. The zero-order valence-electron chi connectivity index (χ0n) is 17.1. The van der Waals surface area contributed by atoms with E-state index in [4.69, 9.17) is 11.6 Å². The fourth-order valence-corrected chi connectivity index (χ4v) is 6.98. The van der Waals surface area contributed by atoms with Gasteiger partial charge in [0.15, 0.2) is 0 Å². The van der Waals surface area contributed by atoms with Crippen LogP contribution in [0.3, 0.4) is 0 Å². The highest BCUT2D eigenvalue weighted by Gasteiger charge is 2.60. The Morgan fingerprint density at radius 3 is 2.16 bits per heavy atom. The molecule has 0 spiro atoms. The molecule has 0 heterocycles. The summed E-state index contributed by atoms with van der Waals surface area (Å²) < 4.78 is 38.3. The molecule has 4 saturated carbocycles. The van der Waals surface area contributed by atoms with Gasteiger partial charge >= 0.3 is 6.18 Å². The summed E-state index contributed by atoms with van der Waals surface area (Å²) in [4.78, 5) is 13.4.